The first-order chi connectivity index (χ1) is 8.81. The second kappa shape index (κ2) is 4.31. The van der Waals surface area contributed by atoms with Crippen molar-refractivity contribution in [2.45, 2.75) is 13.5 Å². The Labute approximate surface area is 106 Å². The van der Waals surface area contributed by atoms with E-state index in [4.69, 9.17) is 10.2 Å². The molecule has 2 aromatic carbocycles. The SMILES string of the molecule is Cc1ccc2ccccc2c1-c1ccoc1CN. The number of rotatable bonds is 2. The molecule has 0 aliphatic heterocycles. The summed E-state index contributed by atoms with van der Waals surface area (Å²) in [5.74, 6) is 0.842. The lowest BCUT2D eigenvalue weighted by Crippen LogP contribution is -1.97. The summed E-state index contributed by atoms with van der Waals surface area (Å²) in [6, 6.07) is 14.7. The van der Waals surface area contributed by atoms with Gasteiger partial charge in [0.15, 0.2) is 0 Å². The quantitative estimate of drug-likeness (QED) is 0.735. The zero-order valence-corrected chi connectivity index (χ0v) is 10.3. The predicted molar refractivity (Wildman–Crippen MR) is 74.3 cm³/mol. The van der Waals surface area contributed by atoms with Crippen LogP contribution in [0.15, 0.2) is 53.1 Å². The molecule has 18 heavy (non-hydrogen) atoms. The molecule has 2 N–H and O–H groups in total. The van der Waals surface area contributed by atoms with Gasteiger partial charge in [-0.1, -0.05) is 36.4 Å². The van der Waals surface area contributed by atoms with Crippen molar-refractivity contribution in [3.8, 4) is 11.1 Å². The number of hydrogen-bond donors (Lipinski definition) is 1. The molecule has 0 aliphatic carbocycles. The van der Waals surface area contributed by atoms with Crippen LogP contribution < -0.4 is 5.73 Å². The Bertz CT molecular complexity index is 697. The highest BCUT2D eigenvalue weighted by Gasteiger charge is 2.12. The lowest BCUT2D eigenvalue weighted by atomic mass is 9.94. The second-order valence-electron chi connectivity index (χ2n) is 4.44. The normalized spacial score (nSPS) is 11.0. The summed E-state index contributed by atoms with van der Waals surface area (Å²) in [4.78, 5) is 0. The monoisotopic (exact) mass is 237 g/mol. The van der Waals surface area contributed by atoms with Crippen LogP contribution in [0.3, 0.4) is 0 Å². The minimum absolute atomic E-state index is 0.422. The van der Waals surface area contributed by atoms with Gasteiger partial charge in [-0.3, -0.25) is 0 Å². The molecule has 0 atom stereocenters. The van der Waals surface area contributed by atoms with Crippen LogP contribution in [0.1, 0.15) is 11.3 Å². The molecular formula is C16H15NO. The molecule has 0 saturated carbocycles. The Morgan fingerprint density at radius 1 is 1.06 bits per heavy atom. The Kier molecular flexibility index (Phi) is 2.65. The minimum Gasteiger partial charge on any atom is -0.467 e. The van der Waals surface area contributed by atoms with Crippen molar-refractivity contribution >= 4 is 10.8 Å². The zero-order chi connectivity index (χ0) is 12.5. The molecule has 0 saturated heterocycles. The molecule has 1 aromatic heterocycles. The third-order valence-electron chi connectivity index (χ3n) is 3.34. The zero-order valence-electron chi connectivity index (χ0n) is 10.3. The second-order valence-corrected chi connectivity index (χ2v) is 4.44. The number of fused-ring (bicyclic) bond motifs is 1. The highest BCUT2D eigenvalue weighted by molar-refractivity contribution is 5.98. The van der Waals surface area contributed by atoms with Gasteiger partial charge in [0.05, 0.1) is 12.8 Å². The summed E-state index contributed by atoms with van der Waals surface area (Å²) >= 11 is 0. The van der Waals surface area contributed by atoms with Crippen molar-refractivity contribution in [3.63, 3.8) is 0 Å². The van der Waals surface area contributed by atoms with Crippen LogP contribution in [0, 0.1) is 6.92 Å². The largest absolute Gasteiger partial charge is 0.467 e. The van der Waals surface area contributed by atoms with Gasteiger partial charge >= 0.3 is 0 Å². The molecule has 0 spiro atoms. The third-order valence-corrected chi connectivity index (χ3v) is 3.34. The fourth-order valence-corrected chi connectivity index (χ4v) is 2.46. The number of hydrogen-bond acceptors (Lipinski definition) is 2. The van der Waals surface area contributed by atoms with E-state index in [2.05, 4.69) is 43.3 Å². The Hall–Kier alpha value is -2.06. The van der Waals surface area contributed by atoms with Gasteiger partial charge in [0.2, 0.25) is 0 Å². The van der Waals surface area contributed by atoms with Crippen LogP contribution in [-0.4, -0.2) is 0 Å². The Balaban J connectivity index is 2.37. The molecule has 1 heterocycles. The molecule has 2 nitrogen and oxygen atoms in total. The van der Waals surface area contributed by atoms with Gasteiger partial charge in [0.1, 0.15) is 5.76 Å². The lowest BCUT2D eigenvalue weighted by Gasteiger charge is -2.10. The van der Waals surface area contributed by atoms with Crippen LogP contribution in [0.2, 0.25) is 0 Å². The highest BCUT2D eigenvalue weighted by Crippen LogP contribution is 2.34. The minimum atomic E-state index is 0.422. The first kappa shape index (κ1) is 11.1. The van der Waals surface area contributed by atoms with Crippen LogP contribution in [0.5, 0.6) is 0 Å². The average Bonchev–Trinajstić information content (AvgIpc) is 2.86. The molecule has 3 aromatic rings. The molecule has 0 radical (unpaired) electrons. The van der Waals surface area contributed by atoms with Crippen molar-refractivity contribution in [2.75, 3.05) is 0 Å². The first-order valence-electron chi connectivity index (χ1n) is 6.06. The van der Waals surface area contributed by atoms with Crippen molar-refractivity contribution in [2.24, 2.45) is 5.73 Å². The van der Waals surface area contributed by atoms with Gasteiger partial charge in [0.25, 0.3) is 0 Å². The van der Waals surface area contributed by atoms with Crippen LogP contribution in [0.4, 0.5) is 0 Å². The summed E-state index contributed by atoms with van der Waals surface area (Å²) in [7, 11) is 0. The molecule has 0 unspecified atom stereocenters. The number of furan rings is 1. The van der Waals surface area contributed by atoms with Crippen LogP contribution >= 0.6 is 0 Å². The van der Waals surface area contributed by atoms with Gasteiger partial charge in [0, 0.05) is 5.56 Å². The summed E-state index contributed by atoms with van der Waals surface area (Å²) < 4.78 is 5.45. The van der Waals surface area contributed by atoms with E-state index in [-0.39, 0.29) is 0 Å². The summed E-state index contributed by atoms with van der Waals surface area (Å²) in [5, 5.41) is 2.48. The van der Waals surface area contributed by atoms with Gasteiger partial charge < -0.3 is 10.2 Å². The smallest absolute Gasteiger partial charge is 0.125 e. The molecule has 0 amide bonds. The predicted octanol–water partition coefficient (Wildman–Crippen LogP) is 3.87. The Morgan fingerprint density at radius 3 is 2.72 bits per heavy atom. The summed E-state index contributed by atoms with van der Waals surface area (Å²) in [6.07, 6.45) is 1.71. The molecule has 0 fully saturated rings. The maximum atomic E-state index is 5.73. The standard InChI is InChI=1S/C16H15NO/c1-11-6-7-12-4-2-3-5-13(12)16(11)14-8-9-18-15(14)10-17/h2-9H,10,17H2,1H3. The molecule has 3 rings (SSSR count). The van der Waals surface area contributed by atoms with E-state index in [1.165, 1.54) is 21.9 Å². The van der Waals surface area contributed by atoms with E-state index >= 15 is 0 Å². The van der Waals surface area contributed by atoms with Crippen molar-refractivity contribution < 1.29 is 4.42 Å². The van der Waals surface area contributed by atoms with Crippen LogP contribution in [0.25, 0.3) is 21.9 Å². The molecule has 0 aliphatic rings. The van der Waals surface area contributed by atoms with E-state index in [1.54, 1.807) is 6.26 Å². The van der Waals surface area contributed by atoms with Gasteiger partial charge in [-0.05, 0) is 34.9 Å². The average molecular weight is 237 g/mol. The molecule has 0 bridgehead atoms. The van der Waals surface area contributed by atoms with E-state index in [0.717, 1.165) is 11.3 Å². The van der Waals surface area contributed by atoms with E-state index < -0.39 is 0 Å². The highest BCUT2D eigenvalue weighted by atomic mass is 16.3. The molecule has 90 valence electrons. The number of nitrogens with two attached hydrogens (primary N) is 1. The number of benzene rings is 2. The maximum Gasteiger partial charge on any atom is 0.125 e. The van der Waals surface area contributed by atoms with Crippen molar-refractivity contribution in [1.82, 2.24) is 0 Å². The summed E-state index contributed by atoms with van der Waals surface area (Å²) in [6.45, 7) is 2.54. The van der Waals surface area contributed by atoms with Gasteiger partial charge in [-0.2, -0.15) is 0 Å². The fourth-order valence-electron chi connectivity index (χ4n) is 2.46. The molecular weight excluding hydrogens is 222 g/mol. The first-order valence-corrected chi connectivity index (χ1v) is 6.06. The van der Waals surface area contributed by atoms with Crippen LogP contribution in [-0.2, 0) is 6.54 Å². The number of aryl methyl sites for hydroxylation is 1. The molecule has 2 heteroatoms. The van der Waals surface area contributed by atoms with Gasteiger partial charge in [-0.25, -0.2) is 0 Å². The third kappa shape index (κ3) is 1.62. The summed E-state index contributed by atoms with van der Waals surface area (Å²) in [5.41, 5.74) is 9.30. The Morgan fingerprint density at radius 2 is 1.89 bits per heavy atom. The lowest BCUT2D eigenvalue weighted by molar-refractivity contribution is 0.513. The van der Waals surface area contributed by atoms with Crippen molar-refractivity contribution in [1.29, 1.82) is 0 Å². The van der Waals surface area contributed by atoms with Gasteiger partial charge in [-0.15, -0.1) is 0 Å². The van der Waals surface area contributed by atoms with E-state index in [0.29, 0.717) is 6.54 Å². The van der Waals surface area contributed by atoms with E-state index in [1.807, 2.05) is 6.07 Å². The van der Waals surface area contributed by atoms with E-state index in [9.17, 15) is 0 Å². The maximum absolute atomic E-state index is 5.73. The fraction of sp³-hybridized carbons (Fsp3) is 0.125. The van der Waals surface area contributed by atoms with Crippen molar-refractivity contribution in [3.05, 3.63) is 60.1 Å². The topological polar surface area (TPSA) is 39.2 Å².